The summed E-state index contributed by atoms with van der Waals surface area (Å²) in [5.74, 6) is 2.47. The van der Waals surface area contributed by atoms with Crippen LogP contribution in [0.1, 0.15) is 39.5 Å². The third kappa shape index (κ3) is 4.40. The lowest BCUT2D eigenvalue weighted by atomic mass is 9.96. The van der Waals surface area contributed by atoms with Crippen molar-refractivity contribution in [2.75, 3.05) is 0 Å². The van der Waals surface area contributed by atoms with E-state index in [0.717, 1.165) is 19.3 Å². The molecule has 0 aromatic rings. The zero-order valence-electron chi connectivity index (χ0n) is 6.85. The third-order valence-corrected chi connectivity index (χ3v) is 1.55. The van der Waals surface area contributed by atoms with Gasteiger partial charge in [0.15, 0.2) is 0 Å². The molecule has 1 atom stereocenters. The quantitative estimate of drug-likeness (QED) is 0.592. The van der Waals surface area contributed by atoms with Crippen LogP contribution in [0.3, 0.4) is 0 Å². The van der Waals surface area contributed by atoms with Gasteiger partial charge in [-0.3, -0.25) is 0 Å². The maximum absolute atomic E-state index is 9.50. The second-order valence-corrected chi connectivity index (χ2v) is 2.98. The van der Waals surface area contributed by atoms with Gasteiger partial charge in [0, 0.05) is 6.42 Å². The maximum Gasteiger partial charge on any atom is 0.0728 e. The lowest BCUT2D eigenvalue weighted by Crippen LogP contribution is -2.22. The van der Waals surface area contributed by atoms with E-state index in [1.54, 1.807) is 6.92 Å². The van der Waals surface area contributed by atoms with Gasteiger partial charge in [0.05, 0.1) is 5.60 Å². The van der Waals surface area contributed by atoms with Crippen LogP contribution in [-0.4, -0.2) is 10.7 Å². The molecule has 1 nitrogen and oxygen atoms in total. The highest BCUT2D eigenvalue weighted by Gasteiger charge is 2.16. The van der Waals surface area contributed by atoms with E-state index in [1.165, 1.54) is 0 Å². The maximum atomic E-state index is 9.50. The van der Waals surface area contributed by atoms with Crippen LogP contribution in [0.25, 0.3) is 0 Å². The monoisotopic (exact) mass is 140 g/mol. The van der Waals surface area contributed by atoms with E-state index in [-0.39, 0.29) is 0 Å². The van der Waals surface area contributed by atoms with Gasteiger partial charge < -0.3 is 5.11 Å². The molecule has 0 amide bonds. The lowest BCUT2D eigenvalue weighted by Gasteiger charge is -2.19. The van der Waals surface area contributed by atoms with Gasteiger partial charge in [-0.25, -0.2) is 0 Å². The van der Waals surface area contributed by atoms with Crippen molar-refractivity contribution in [2.24, 2.45) is 0 Å². The highest BCUT2D eigenvalue weighted by atomic mass is 16.3. The van der Waals surface area contributed by atoms with Gasteiger partial charge in [-0.15, -0.1) is 12.3 Å². The fourth-order valence-corrected chi connectivity index (χ4v) is 0.866. The van der Waals surface area contributed by atoms with Gasteiger partial charge in [-0.2, -0.15) is 0 Å². The van der Waals surface area contributed by atoms with Crippen LogP contribution in [-0.2, 0) is 0 Å². The van der Waals surface area contributed by atoms with E-state index in [4.69, 9.17) is 6.42 Å². The van der Waals surface area contributed by atoms with Crippen molar-refractivity contribution in [2.45, 2.75) is 45.1 Å². The average Bonchev–Trinajstić information content (AvgIpc) is 1.84. The van der Waals surface area contributed by atoms with Gasteiger partial charge >= 0.3 is 0 Å². The first-order valence-corrected chi connectivity index (χ1v) is 3.78. The summed E-state index contributed by atoms with van der Waals surface area (Å²) in [6.07, 6.45) is 8.52. The zero-order chi connectivity index (χ0) is 8.04. The molecule has 10 heavy (non-hydrogen) atoms. The molecule has 0 bridgehead atoms. The molecule has 0 fully saturated rings. The lowest BCUT2D eigenvalue weighted by molar-refractivity contribution is 0.0540. The summed E-state index contributed by atoms with van der Waals surface area (Å²) in [5.41, 5.74) is -0.634. The largest absolute Gasteiger partial charge is 0.389 e. The Hall–Kier alpha value is -0.480. The molecule has 0 aliphatic carbocycles. The summed E-state index contributed by atoms with van der Waals surface area (Å²) < 4.78 is 0. The van der Waals surface area contributed by atoms with Crippen LogP contribution in [0.5, 0.6) is 0 Å². The van der Waals surface area contributed by atoms with Gasteiger partial charge in [-0.05, 0) is 13.3 Å². The van der Waals surface area contributed by atoms with E-state index in [2.05, 4.69) is 12.8 Å². The number of hydrogen-bond acceptors (Lipinski definition) is 1. The summed E-state index contributed by atoms with van der Waals surface area (Å²) in [5, 5.41) is 9.50. The first-order valence-electron chi connectivity index (χ1n) is 3.78. The number of hydrogen-bond donors (Lipinski definition) is 1. The van der Waals surface area contributed by atoms with Crippen molar-refractivity contribution in [3.05, 3.63) is 0 Å². The van der Waals surface area contributed by atoms with Crippen molar-refractivity contribution in [1.29, 1.82) is 0 Å². The molecule has 1 heteroatoms. The highest BCUT2D eigenvalue weighted by molar-refractivity contribution is 4.92. The SMILES string of the molecule is C#CCC(C)(O)CCCC. The van der Waals surface area contributed by atoms with Crippen molar-refractivity contribution in [1.82, 2.24) is 0 Å². The van der Waals surface area contributed by atoms with Crippen LogP contribution in [0.15, 0.2) is 0 Å². The van der Waals surface area contributed by atoms with Crippen molar-refractivity contribution in [3.8, 4) is 12.3 Å². The molecule has 0 aliphatic rings. The molecule has 0 aliphatic heterocycles. The summed E-state index contributed by atoms with van der Waals surface area (Å²) in [4.78, 5) is 0. The highest BCUT2D eigenvalue weighted by Crippen LogP contribution is 2.16. The molecule has 0 aromatic heterocycles. The molecule has 0 radical (unpaired) electrons. The standard InChI is InChI=1S/C9H16O/c1-4-6-8-9(3,10)7-5-2/h2,10H,4,6-8H2,1,3H3. The van der Waals surface area contributed by atoms with E-state index >= 15 is 0 Å². The molecule has 1 unspecified atom stereocenters. The molecule has 1 N–H and O–H groups in total. The van der Waals surface area contributed by atoms with E-state index in [9.17, 15) is 5.11 Å². The summed E-state index contributed by atoms with van der Waals surface area (Å²) in [7, 11) is 0. The molecule has 0 saturated heterocycles. The Bertz CT molecular complexity index is 119. The van der Waals surface area contributed by atoms with Crippen LogP contribution < -0.4 is 0 Å². The third-order valence-electron chi connectivity index (χ3n) is 1.55. The van der Waals surface area contributed by atoms with Crippen LogP contribution in [0.4, 0.5) is 0 Å². The summed E-state index contributed by atoms with van der Waals surface area (Å²) >= 11 is 0. The Kier molecular flexibility index (Phi) is 4.14. The van der Waals surface area contributed by atoms with E-state index in [1.807, 2.05) is 0 Å². The molecule has 0 saturated carbocycles. The number of unbranched alkanes of at least 4 members (excludes halogenated alkanes) is 1. The normalized spacial score (nSPS) is 15.8. The van der Waals surface area contributed by atoms with Crippen molar-refractivity contribution < 1.29 is 5.11 Å². The minimum Gasteiger partial charge on any atom is -0.389 e. The fourth-order valence-electron chi connectivity index (χ4n) is 0.866. The van der Waals surface area contributed by atoms with E-state index in [0.29, 0.717) is 6.42 Å². The fraction of sp³-hybridized carbons (Fsp3) is 0.778. The van der Waals surface area contributed by atoms with Gasteiger partial charge in [0.25, 0.3) is 0 Å². The average molecular weight is 140 g/mol. The molecule has 0 aromatic carbocycles. The number of aliphatic hydroxyl groups is 1. The van der Waals surface area contributed by atoms with Gasteiger partial charge in [0.2, 0.25) is 0 Å². The minimum absolute atomic E-state index is 0.465. The first kappa shape index (κ1) is 9.52. The molecule has 0 rings (SSSR count). The molecular formula is C9H16O. The molecule has 0 spiro atoms. The predicted octanol–water partition coefficient (Wildman–Crippen LogP) is 1.95. The molecule has 58 valence electrons. The van der Waals surface area contributed by atoms with Gasteiger partial charge in [-0.1, -0.05) is 19.8 Å². The summed E-state index contributed by atoms with van der Waals surface area (Å²) in [6.45, 7) is 3.90. The predicted molar refractivity (Wildman–Crippen MR) is 43.6 cm³/mol. The Morgan fingerprint density at radius 3 is 2.60 bits per heavy atom. The minimum atomic E-state index is -0.634. The smallest absolute Gasteiger partial charge is 0.0728 e. The number of rotatable bonds is 4. The van der Waals surface area contributed by atoms with Crippen LogP contribution in [0.2, 0.25) is 0 Å². The van der Waals surface area contributed by atoms with Crippen molar-refractivity contribution in [3.63, 3.8) is 0 Å². The Balaban J connectivity index is 3.55. The van der Waals surface area contributed by atoms with Crippen LogP contribution in [0, 0.1) is 12.3 Å². The number of terminal acetylenes is 1. The zero-order valence-corrected chi connectivity index (χ0v) is 6.85. The topological polar surface area (TPSA) is 20.2 Å². The Morgan fingerprint density at radius 2 is 2.20 bits per heavy atom. The summed E-state index contributed by atoms with van der Waals surface area (Å²) in [6, 6.07) is 0. The molecular weight excluding hydrogens is 124 g/mol. The second kappa shape index (κ2) is 4.35. The molecule has 0 heterocycles. The van der Waals surface area contributed by atoms with Crippen molar-refractivity contribution >= 4 is 0 Å². The van der Waals surface area contributed by atoms with Crippen LogP contribution >= 0.6 is 0 Å². The second-order valence-electron chi connectivity index (χ2n) is 2.98. The first-order chi connectivity index (χ1) is 4.62. The Labute approximate surface area is 63.5 Å². The Morgan fingerprint density at radius 1 is 1.60 bits per heavy atom. The van der Waals surface area contributed by atoms with Gasteiger partial charge in [0.1, 0.15) is 0 Å². The van der Waals surface area contributed by atoms with E-state index < -0.39 is 5.60 Å².